The Hall–Kier alpha value is -2.49. The highest BCUT2D eigenvalue weighted by Gasteiger charge is 2.11. The largest absolute Gasteiger partial charge is 0.457 e. The standard InChI is InChI=1S/C22H19Cl2NO2/c1-14(2)16-6-3-4-9-19(16)25-21(26)13-11-15-10-12-20(27-15)17-7-5-8-18(23)22(17)24/h3-14H,1-2H3,(H,25,26). The number of carbonyl (C=O) groups is 1. The van der Waals surface area contributed by atoms with E-state index in [1.165, 1.54) is 6.08 Å². The van der Waals surface area contributed by atoms with E-state index in [2.05, 4.69) is 19.2 Å². The third-order valence-electron chi connectivity index (χ3n) is 4.08. The number of rotatable bonds is 5. The van der Waals surface area contributed by atoms with Crippen molar-refractivity contribution in [2.45, 2.75) is 19.8 Å². The maximum Gasteiger partial charge on any atom is 0.248 e. The maximum atomic E-state index is 12.3. The zero-order valence-electron chi connectivity index (χ0n) is 15.0. The molecule has 0 aliphatic heterocycles. The summed E-state index contributed by atoms with van der Waals surface area (Å²) in [6, 6.07) is 16.7. The summed E-state index contributed by atoms with van der Waals surface area (Å²) in [5.41, 5.74) is 2.61. The van der Waals surface area contributed by atoms with Crippen molar-refractivity contribution in [3.8, 4) is 11.3 Å². The number of anilines is 1. The first-order valence-corrected chi connectivity index (χ1v) is 9.33. The molecule has 0 atom stereocenters. The molecule has 1 aromatic heterocycles. The zero-order chi connectivity index (χ0) is 19.4. The first-order chi connectivity index (χ1) is 13.0. The predicted molar refractivity (Wildman–Crippen MR) is 112 cm³/mol. The molecule has 2 aromatic carbocycles. The third kappa shape index (κ3) is 4.62. The van der Waals surface area contributed by atoms with Gasteiger partial charge in [0, 0.05) is 17.3 Å². The number of nitrogens with one attached hydrogen (secondary N) is 1. The van der Waals surface area contributed by atoms with Gasteiger partial charge in [0.2, 0.25) is 5.91 Å². The first-order valence-electron chi connectivity index (χ1n) is 8.58. The lowest BCUT2D eigenvalue weighted by Crippen LogP contribution is -2.10. The second-order valence-corrected chi connectivity index (χ2v) is 7.15. The molecule has 1 N–H and O–H groups in total. The monoisotopic (exact) mass is 399 g/mol. The van der Waals surface area contributed by atoms with Gasteiger partial charge in [-0.25, -0.2) is 0 Å². The fraction of sp³-hybridized carbons (Fsp3) is 0.136. The Labute approximate surface area is 168 Å². The average Bonchev–Trinajstić information content (AvgIpc) is 3.11. The molecule has 0 spiro atoms. The summed E-state index contributed by atoms with van der Waals surface area (Å²) < 4.78 is 5.76. The van der Waals surface area contributed by atoms with Crippen molar-refractivity contribution in [2.24, 2.45) is 0 Å². The summed E-state index contributed by atoms with van der Waals surface area (Å²) in [5.74, 6) is 1.24. The van der Waals surface area contributed by atoms with E-state index in [1.807, 2.05) is 30.3 Å². The maximum absolute atomic E-state index is 12.3. The highest BCUT2D eigenvalue weighted by atomic mass is 35.5. The minimum atomic E-state index is -0.221. The first kappa shape index (κ1) is 19.3. The minimum Gasteiger partial charge on any atom is -0.457 e. The molecule has 3 rings (SSSR count). The van der Waals surface area contributed by atoms with E-state index >= 15 is 0 Å². The zero-order valence-corrected chi connectivity index (χ0v) is 16.5. The van der Waals surface area contributed by atoms with E-state index in [1.54, 1.807) is 30.3 Å². The van der Waals surface area contributed by atoms with Crippen molar-refractivity contribution in [3.05, 3.63) is 82.0 Å². The number of furan rings is 1. The van der Waals surface area contributed by atoms with Gasteiger partial charge in [0.15, 0.2) is 0 Å². The lowest BCUT2D eigenvalue weighted by Gasteiger charge is -2.12. The summed E-state index contributed by atoms with van der Waals surface area (Å²) >= 11 is 12.3. The molecule has 0 unspecified atom stereocenters. The van der Waals surface area contributed by atoms with Crippen LogP contribution in [0.3, 0.4) is 0 Å². The average molecular weight is 400 g/mol. The van der Waals surface area contributed by atoms with Crippen molar-refractivity contribution in [1.29, 1.82) is 0 Å². The van der Waals surface area contributed by atoms with Gasteiger partial charge >= 0.3 is 0 Å². The molecule has 27 heavy (non-hydrogen) atoms. The summed E-state index contributed by atoms with van der Waals surface area (Å²) in [4.78, 5) is 12.3. The van der Waals surface area contributed by atoms with Crippen LogP contribution in [0.4, 0.5) is 5.69 Å². The van der Waals surface area contributed by atoms with Gasteiger partial charge < -0.3 is 9.73 Å². The Morgan fingerprint density at radius 3 is 2.59 bits per heavy atom. The molecule has 138 valence electrons. The molecular formula is C22H19Cl2NO2. The van der Waals surface area contributed by atoms with E-state index in [9.17, 15) is 4.79 Å². The van der Waals surface area contributed by atoms with Gasteiger partial charge in [-0.05, 0) is 47.9 Å². The van der Waals surface area contributed by atoms with Crippen LogP contribution in [0, 0.1) is 0 Å². The lowest BCUT2D eigenvalue weighted by atomic mass is 10.0. The predicted octanol–water partition coefficient (Wildman–Crippen LogP) is 7.03. The molecule has 0 aliphatic rings. The van der Waals surface area contributed by atoms with Crippen LogP contribution in [0.15, 0.2) is 65.1 Å². The van der Waals surface area contributed by atoms with Crippen LogP contribution in [-0.4, -0.2) is 5.91 Å². The Morgan fingerprint density at radius 2 is 1.81 bits per heavy atom. The van der Waals surface area contributed by atoms with Crippen LogP contribution in [0.5, 0.6) is 0 Å². The van der Waals surface area contributed by atoms with Crippen molar-refractivity contribution in [1.82, 2.24) is 0 Å². The molecule has 0 saturated carbocycles. The van der Waals surface area contributed by atoms with Crippen molar-refractivity contribution in [2.75, 3.05) is 5.32 Å². The van der Waals surface area contributed by atoms with Gasteiger partial charge in [-0.15, -0.1) is 0 Å². The highest BCUT2D eigenvalue weighted by molar-refractivity contribution is 6.43. The molecule has 3 nitrogen and oxygen atoms in total. The number of para-hydroxylation sites is 1. The van der Waals surface area contributed by atoms with Crippen LogP contribution in [-0.2, 0) is 4.79 Å². The summed E-state index contributed by atoms with van der Waals surface area (Å²) in [5, 5.41) is 3.81. The van der Waals surface area contributed by atoms with E-state index in [0.29, 0.717) is 33.0 Å². The number of halogens is 2. The lowest BCUT2D eigenvalue weighted by molar-refractivity contribution is -0.111. The molecule has 5 heteroatoms. The number of hydrogen-bond donors (Lipinski definition) is 1. The molecule has 0 fully saturated rings. The topological polar surface area (TPSA) is 42.2 Å². The van der Waals surface area contributed by atoms with Crippen molar-refractivity contribution >= 4 is 40.9 Å². The molecule has 0 bridgehead atoms. The molecule has 0 radical (unpaired) electrons. The Balaban J connectivity index is 1.73. The summed E-state index contributed by atoms with van der Waals surface area (Å²) in [7, 11) is 0. The highest BCUT2D eigenvalue weighted by Crippen LogP contribution is 2.34. The van der Waals surface area contributed by atoms with Crippen LogP contribution < -0.4 is 5.32 Å². The number of benzene rings is 2. The molecule has 1 heterocycles. The minimum absolute atomic E-state index is 0.221. The van der Waals surface area contributed by atoms with Gasteiger partial charge in [-0.3, -0.25) is 4.79 Å². The van der Waals surface area contributed by atoms with E-state index < -0.39 is 0 Å². The molecule has 3 aromatic rings. The number of amides is 1. The van der Waals surface area contributed by atoms with E-state index in [-0.39, 0.29) is 5.91 Å². The van der Waals surface area contributed by atoms with Gasteiger partial charge in [-0.2, -0.15) is 0 Å². The Morgan fingerprint density at radius 1 is 1.04 bits per heavy atom. The second kappa shape index (κ2) is 8.47. The number of carbonyl (C=O) groups excluding carboxylic acids is 1. The van der Waals surface area contributed by atoms with Crippen LogP contribution in [0.1, 0.15) is 31.1 Å². The normalized spacial score (nSPS) is 11.3. The van der Waals surface area contributed by atoms with Gasteiger partial charge in [-0.1, -0.05) is 61.3 Å². The smallest absolute Gasteiger partial charge is 0.248 e. The van der Waals surface area contributed by atoms with Crippen molar-refractivity contribution in [3.63, 3.8) is 0 Å². The molecule has 0 saturated heterocycles. The van der Waals surface area contributed by atoms with E-state index in [4.69, 9.17) is 27.6 Å². The fourth-order valence-corrected chi connectivity index (χ4v) is 3.12. The van der Waals surface area contributed by atoms with Gasteiger partial charge in [0.25, 0.3) is 0 Å². The summed E-state index contributed by atoms with van der Waals surface area (Å²) in [6.45, 7) is 4.18. The van der Waals surface area contributed by atoms with E-state index in [0.717, 1.165) is 11.3 Å². The van der Waals surface area contributed by atoms with Gasteiger partial charge in [0.05, 0.1) is 10.0 Å². The van der Waals surface area contributed by atoms with Crippen LogP contribution >= 0.6 is 23.2 Å². The molecular weight excluding hydrogens is 381 g/mol. The Kier molecular flexibility index (Phi) is 6.04. The quantitative estimate of drug-likeness (QED) is 0.467. The second-order valence-electron chi connectivity index (χ2n) is 6.37. The van der Waals surface area contributed by atoms with Crippen LogP contribution in [0.25, 0.3) is 17.4 Å². The molecule has 1 amide bonds. The van der Waals surface area contributed by atoms with Crippen LogP contribution in [0.2, 0.25) is 10.0 Å². The molecule has 0 aliphatic carbocycles. The van der Waals surface area contributed by atoms with Crippen molar-refractivity contribution < 1.29 is 9.21 Å². The third-order valence-corrected chi connectivity index (χ3v) is 4.90. The number of hydrogen-bond acceptors (Lipinski definition) is 2. The van der Waals surface area contributed by atoms with Gasteiger partial charge in [0.1, 0.15) is 11.5 Å². The SMILES string of the molecule is CC(C)c1ccccc1NC(=O)C=Cc1ccc(-c2cccc(Cl)c2Cl)o1. The fourth-order valence-electron chi connectivity index (χ4n) is 2.73. The summed E-state index contributed by atoms with van der Waals surface area (Å²) in [6.07, 6.45) is 3.06. The Bertz CT molecular complexity index is 989.